The van der Waals surface area contributed by atoms with Gasteiger partial charge in [0, 0.05) is 6.54 Å². The average molecular weight is 286 g/mol. The van der Waals surface area contributed by atoms with E-state index in [1.165, 1.54) is 12.1 Å². The fourth-order valence-electron chi connectivity index (χ4n) is 2.39. The smallest absolute Gasteiger partial charge is 0.272 e. The summed E-state index contributed by atoms with van der Waals surface area (Å²) in [5, 5.41) is 7.16. The molecule has 0 atom stereocenters. The highest BCUT2D eigenvalue weighted by Crippen LogP contribution is 2.26. The first kappa shape index (κ1) is 13.5. The molecule has 21 heavy (non-hydrogen) atoms. The van der Waals surface area contributed by atoms with Gasteiger partial charge in [-0.25, -0.2) is 9.38 Å². The van der Waals surface area contributed by atoms with Crippen molar-refractivity contribution in [1.29, 1.82) is 0 Å². The van der Waals surface area contributed by atoms with Crippen molar-refractivity contribution in [3.8, 4) is 0 Å². The highest BCUT2D eigenvalue weighted by Gasteiger charge is 2.24. The van der Waals surface area contributed by atoms with Crippen molar-refractivity contribution in [2.75, 3.05) is 6.54 Å². The second-order valence-electron chi connectivity index (χ2n) is 4.85. The molecular formula is C15H15FN4O. The zero-order valence-electron chi connectivity index (χ0n) is 11.9. The molecule has 3 rings (SSSR count). The summed E-state index contributed by atoms with van der Waals surface area (Å²) in [4.78, 5) is 16.8. The van der Waals surface area contributed by atoms with Crippen LogP contribution in [-0.2, 0) is 6.54 Å². The van der Waals surface area contributed by atoms with Gasteiger partial charge < -0.3 is 5.32 Å². The van der Waals surface area contributed by atoms with Crippen LogP contribution in [0.2, 0.25) is 0 Å². The predicted molar refractivity (Wildman–Crippen MR) is 77.6 cm³/mol. The summed E-state index contributed by atoms with van der Waals surface area (Å²) in [6, 6.07) is 6.08. The third-order valence-corrected chi connectivity index (χ3v) is 3.45. The number of halogens is 1. The second-order valence-corrected chi connectivity index (χ2v) is 4.85. The predicted octanol–water partition coefficient (Wildman–Crippen LogP) is 2.21. The van der Waals surface area contributed by atoms with Crippen LogP contribution in [0.5, 0.6) is 0 Å². The van der Waals surface area contributed by atoms with Crippen molar-refractivity contribution >= 4 is 17.3 Å². The number of nitrogens with zero attached hydrogens (tertiary/aromatic N) is 3. The van der Waals surface area contributed by atoms with E-state index in [0.717, 1.165) is 5.56 Å². The molecule has 6 heteroatoms. The minimum absolute atomic E-state index is 0.187. The molecule has 0 saturated carbocycles. The van der Waals surface area contributed by atoms with Crippen LogP contribution in [0.4, 0.5) is 10.1 Å². The number of aromatic nitrogens is 2. The standard InChI is InChI=1S/C15H15FN4O/c1-3-20-14-13(9(2)19-20)18-12(8-17-15(14)21)10-4-6-11(16)7-5-10/h4-7H,3,8H2,1-2H3,(H,17,21). The lowest BCUT2D eigenvalue weighted by molar-refractivity contribution is 0.0950. The Hall–Kier alpha value is -2.50. The third kappa shape index (κ3) is 2.33. The molecule has 0 aliphatic carbocycles. The quantitative estimate of drug-likeness (QED) is 0.920. The van der Waals surface area contributed by atoms with E-state index in [9.17, 15) is 9.18 Å². The van der Waals surface area contributed by atoms with Crippen LogP contribution >= 0.6 is 0 Å². The number of rotatable bonds is 2. The Balaban J connectivity index is 2.12. The molecule has 2 heterocycles. The van der Waals surface area contributed by atoms with Gasteiger partial charge in [0.25, 0.3) is 5.91 Å². The average Bonchev–Trinajstić information content (AvgIpc) is 2.69. The van der Waals surface area contributed by atoms with Gasteiger partial charge >= 0.3 is 0 Å². The summed E-state index contributed by atoms with van der Waals surface area (Å²) in [6.07, 6.45) is 0. The Kier molecular flexibility index (Phi) is 3.29. The lowest BCUT2D eigenvalue weighted by Gasteiger charge is -2.05. The molecule has 0 spiro atoms. The molecule has 5 nitrogen and oxygen atoms in total. The molecular weight excluding hydrogens is 271 g/mol. The van der Waals surface area contributed by atoms with Crippen LogP contribution in [0.1, 0.15) is 28.7 Å². The van der Waals surface area contributed by atoms with E-state index < -0.39 is 0 Å². The van der Waals surface area contributed by atoms with E-state index in [0.29, 0.717) is 35.9 Å². The first-order valence-corrected chi connectivity index (χ1v) is 6.79. The third-order valence-electron chi connectivity index (χ3n) is 3.45. The molecule has 1 aromatic heterocycles. The number of aliphatic imine (C=N–C) groups is 1. The fraction of sp³-hybridized carbons (Fsp3) is 0.267. The van der Waals surface area contributed by atoms with Crippen LogP contribution in [0, 0.1) is 12.7 Å². The highest BCUT2D eigenvalue weighted by atomic mass is 19.1. The van der Waals surface area contributed by atoms with E-state index in [1.807, 2.05) is 13.8 Å². The van der Waals surface area contributed by atoms with Crippen LogP contribution in [0.25, 0.3) is 0 Å². The summed E-state index contributed by atoms with van der Waals surface area (Å²) in [7, 11) is 0. The summed E-state index contributed by atoms with van der Waals surface area (Å²) in [5.41, 5.74) is 3.26. The van der Waals surface area contributed by atoms with Gasteiger partial charge in [-0.05, 0) is 31.5 Å². The Morgan fingerprint density at radius 3 is 2.71 bits per heavy atom. The van der Waals surface area contributed by atoms with E-state index in [2.05, 4.69) is 15.4 Å². The minimum atomic E-state index is -0.298. The van der Waals surface area contributed by atoms with E-state index in [4.69, 9.17) is 0 Å². The molecule has 2 aromatic rings. The van der Waals surface area contributed by atoms with Crippen LogP contribution < -0.4 is 5.32 Å². The second kappa shape index (κ2) is 5.12. The number of nitrogens with one attached hydrogen (secondary N) is 1. The largest absolute Gasteiger partial charge is 0.345 e. The van der Waals surface area contributed by atoms with Crippen LogP contribution in [0.3, 0.4) is 0 Å². The van der Waals surface area contributed by atoms with Crippen molar-refractivity contribution < 1.29 is 9.18 Å². The molecule has 108 valence electrons. The molecule has 0 radical (unpaired) electrons. The lowest BCUT2D eigenvalue weighted by Crippen LogP contribution is -2.29. The lowest BCUT2D eigenvalue weighted by atomic mass is 10.1. The molecule has 0 saturated heterocycles. The van der Waals surface area contributed by atoms with Gasteiger partial charge in [-0.2, -0.15) is 5.10 Å². The fourth-order valence-corrected chi connectivity index (χ4v) is 2.39. The summed E-state index contributed by atoms with van der Waals surface area (Å²) in [5.74, 6) is -0.485. The van der Waals surface area contributed by atoms with E-state index in [-0.39, 0.29) is 11.7 Å². The maximum absolute atomic E-state index is 13.0. The van der Waals surface area contributed by atoms with Gasteiger partial charge in [0.2, 0.25) is 0 Å². The number of hydrogen-bond acceptors (Lipinski definition) is 3. The Morgan fingerprint density at radius 2 is 2.05 bits per heavy atom. The molecule has 0 fully saturated rings. The first-order chi connectivity index (χ1) is 10.1. The van der Waals surface area contributed by atoms with Gasteiger partial charge in [0.1, 0.15) is 11.5 Å². The number of carbonyl (C=O) groups excluding carboxylic acids is 1. The Morgan fingerprint density at radius 1 is 1.33 bits per heavy atom. The Labute approximate surface area is 121 Å². The van der Waals surface area contributed by atoms with Crippen molar-refractivity contribution in [3.05, 3.63) is 47.0 Å². The topological polar surface area (TPSA) is 59.3 Å². The summed E-state index contributed by atoms with van der Waals surface area (Å²) >= 11 is 0. The van der Waals surface area contributed by atoms with Crippen molar-refractivity contribution in [2.24, 2.45) is 4.99 Å². The van der Waals surface area contributed by atoms with Gasteiger partial charge in [-0.3, -0.25) is 9.48 Å². The van der Waals surface area contributed by atoms with Gasteiger partial charge in [-0.15, -0.1) is 0 Å². The number of carbonyl (C=O) groups is 1. The SMILES string of the molecule is CCn1nc(C)c2c1C(=O)NCC(c1ccc(F)cc1)=N2. The number of aryl methyl sites for hydroxylation is 2. The van der Waals surface area contributed by atoms with E-state index >= 15 is 0 Å². The van der Waals surface area contributed by atoms with Crippen LogP contribution in [-0.4, -0.2) is 27.9 Å². The van der Waals surface area contributed by atoms with Gasteiger partial charge in [0.15, 0.2) is 5.69 Å². The number of fused-ring (bicyclic) bond motifs is 1. The van der Waals surface area contributed by atoms with E-state index in [1.54, 1.807) is 16.8 Å². The van der Waals surface area contributed by atoms with Crippen LogP contribution in [0.15, 0.2) is 29.3 Å². The molecule has 0 bridgehead atoms. The maximum Gasteiger partial charge on any atom is 0.272 e. The maximum atomic E-state index is 13.0. The highest BCUT2D eigenvalue weighted by molar-refractivity contribution is 6.10. The van der Waals surface area contributed by atoms with Gasteiger partial charge in [0.05, 0.1) is 18.0 Å². The van der Waals surface area contributed by atoms with Crippen molar-refractivity contribution in [2.45, 2.75) is 20.4 Å². The monoisotopic (exact) mass is 286 g/mol. The summed E-state index contributed by atoms with van der Waals surface area (Å²) < 4.78 is 14.7. The molecule has 1 aromatic carbocycles. The molecule has 1 N–H and O–H groups in total. The number of amides is 1. The zero-order valence-corrected chi connectivity index (χ0v) is 11.9. The van der Waals surface area contributed by atoms with Crippen molar-refractivity contribution in [3.63, 3.8) is 0 Å². The molecule has 1 amide bonds. The number of hydrogen-bond donors (Lipinski definition) is 1. The normalized spacial score (nSPS) is 14.2. The molecule has 1 aliphatic heterocycles. The zero-order chi connectivity index (χ0) is 15.0. The van der Waals surface area contributed by atoms with Gasteiger partial charge in [-0.1, -0.05) is 12.1 Å². The number of benzene rings is 1. The molecule has 1 aliphatic rings. The summed E-state index contributed by atoms with van der Waals surface area (Å²) in [6.45, 7) is 4.66. The molecule has 0 unspecified atom stereocenters. The first-order valence-electron chi connectivity index (χ1n) is 6.79. The Bertz CT molecular complexity index is 731. The minimum Gasteiger partial charge on any atom is -0.345 e. The van der Waals surface area contributed by atoms with Crippen molar-refractivity contribution in [1.82, 2.24) is 15.1 Å².